The molecule has 1 aromatic heterocycles. The predicted octanol–water partition coefficient (Wildman–Crippen LogP) is 0.411. The minimum absolute atomic E-state index is 0.200. The van der Waals surface area contributed by atoms with Crippen LogP contribution in [0, 0.1) is 0 Å². The average molecular weight is 206 g/mol. The first-order valence-corrected chi connectivity index (χ1v) is 4.44. The maximum absolute atomic E-state index is 10.2. The Morgan fingerprint density at radius 2 is 2.40 bits per heavy atom. The van der Waals surface area contributed by atoms with E-state index in [1.807, 2.05) is 25.2 Å². The van der Waals surface area contributed by atoms with Crippen LogP contribution >= 0.6 is 0 Å². The van der Waals surface area contributed by atoms with Crippen molar-refractivity contribution in [2.75, 3.05) is 11.9 Å². The van der Waals surface area contributed by atoms with Gasteiger partial charge in [0.05, 0.1) is 17.6 Å². The van der Waals surface area contributed by atoms with Crippen molar-refractivity contribution in [3.05, 3.63) is 36.4 Å². The lowest BCUT2D eigenvalue weighted by Gasteiger charge is -2.09. The number of aldehydes is 1. The Hall–Kier alpha value is -2.04. The fourth-order valence-corrected chi connectivity index (χ4v) is 0.999. The Labute approximate surface area is 88.5 Å². The van der Waals surface area contributed by atoms with E-state index in [2.05, 4.69) is 5.10 Å². The summed E-state index contributed by atoms with van der Waals surface area (Å²) in [6.45, 7) is 0. The van der Waals surface area contributed by atoms with Crippen molar-refractivity contribution in [1.29, 1.82) is 0 Å². The summed E-state index contributed by atoms with van der Waals surface area (Å²) in [6, 6.07) is 0. The van der Waals surface area contributed by atoms with Crippen LogP contribution in [0.3, 0.4) is 0 Å². The number of nitrogens with two attached hydrogens (primary N) is 1. The average Bonchev–Trinajstić information content (AvgIpc) is 2.64. The van der Waals surface area contributed by atoms with Crippen molar-refractivity contribution >= 4 is 12.0 Å². The van der Waals surface area contributed by atoms with Gasteiger partial charge in [-0.15, -0.1) is 0 Å². The number of nitrogens with zero attached hydrogens (tertiary/aromatic N) is 3. The number of rotatable bonds is 4. The summed E-state index contributed by atoms with van der Waals surface area (Å²) in [5.74, 6) is 0. The van der Waals surface area contributed by atoms with Gasteiger partial charge in [0, 0.05) is 26.5 Å². The molecule has 0 aromatic carbocycles. The van der Waals surface area contributed by atoms with Gasteiger partial charge in [-0.05, 0) is 12.2 Å². The van der Waals surface area contributed by atoms with E-state index in [0.717, 1.165) is 5.69 Å². The molecule has 0 saturated carbocycles. The molecule has 0 atom stereocenters. The quantitative estimate of drug-likeness (QED) is 0.440. The molecule has 0 amide bonds. The molecule has 1 rings (SSSR count). The molecule has 0 aliphatic heterocycles. The van der Waals surface area contributed by atoms with Gasteiger partial charge in [-0.25, -0.2) is 0 Å². The molecule has 1 heterocycles. The van der Waals surface area contributed by atoms with Gasteiger partial charge in [0.2, 0.25) is 0 Å². The van der Waals surface area contributed by atoms with Gasteiger partial charge in [-0.1, -0.05) is 0 Å². The number of aryl methyl sites for hydroxylation is 1. The molecule has 0 aliphatic carbocycles. The molecule has 0 aliphatic rings. The Kier molecular flexibility index (Phi) is 3.68. The highest BCUT2D eigenvalue weighted by Crippen LogP contribution is 2.09. The van der Waals surface area contributed by atoms with Crippen molar-refractivity contribution in [2.24, 2.45) is 12.8 Å². The van der Waals surface area contributed by atoms with Gasteiger partial charge in [-0.2, -0.15) is 5.10 Å². The molecule has 0 spiro atoms. The predicted molar refractivity (Wildman–Crippen MR) is 59.1 cm³/mol. The molecule has 0 bridgehead atoms. The number of allylic oxidation sites excluding steroid dienone is 3. The number of hydrogen-bond acceptors (Lipinski definition) is 4. The third kappa shape index (κ3) is 3.30. The summed E-state index contributed by atoms with van der Waals surface area (Å²) >= 11 is 0. The molecule has 15 heavy (non-hydrogen) atoms. The largest absolute Gasteiger partial charge is 0.396 e. The summed E-state index contributed by atoms with van der Waals surface area (Å²) < 4.78 is 1.72. The lowest BCUT2D eigenvalue weighted by atomic mass is 10.4. The summed E-state index contributed by atoms with van der Waals surface area (Å²) in [6.07, 6.45) is 9.28. The molecule has 5 nitrogen and oxygen atoms in total. The molecular formula is C10H14N4O. The standard InChI is InChI=1S/C10H14N4O/c1-13(5-3-4-9(11)8-15)10-6-12-14(2)7-10/h3-8H,11H2,1-2H3/b5-3-,9-4+. The van der Waals surface area contributed by atoms with Gasteiger partial charge < -0.3 is 10.6 Å². The number of carbonyl (C=O) groups excluding carboxylic acids is 1. The third-order valence-corrected chi connectivity index (χ3v) is 1.83. The molecular weight excluding hydrogens is 192 g/mol. The van der Waals surface area contributed by atoms with E-state index >= 15 is 0 Å². The van der Waals surface area contributed by atoms with Crippen molar-refractivity contribution < 1.29 is 4.79 Å². The normalized spacial score (nSPS) is 12.0. The molecule has 0 radical (unpaired) electrons. The van der Waals surface area contributed by atoms with Crippen LogP contribution in [0.5, 0.6) is 0 Å². The van der Waals surface area contributed by atoms with Crippen molar-refractivity contribution in [2.45, 2.75) is 0 Å². The van der Waals surface area contributed by atoms with Crippen LogP contribution < -0.4 is 10.6 Å². The molecule has 1 aromatic rings. The lowest BCUT2D eigenvalue weighted by Crippen LogP contribution is -2.06. The van der Waals surface area contributed by atoms with Crippen LogP contribution in [-0.4, -0.2) is 23.1 Å². The van der Waals surface area contributed by atoms with E-state index in [4.69, 9.17) is 5.73 Å². The summed E-state index contributed by atoms with van der Waals surface area (Å²) in [5, 5.41) is 4.04. The number of carbonyl (C=O) groups is 1. The maximum atomic E-state index is 10.2. The van der Waals surface area contributed by atoms with Gasteiger partial charge >= 0.3 is 0 Å². The zero-order valence-corrected chi connectivity index (χ0v) is 8.79. The van der Waals surface area contributed by atoms with Gasteiger partial charge in [0.1, 0.15) is 0 Å². The highest BCUT2D eigenvalue weighted by atomic mass is 16.1. The van der Waals surface area contributed by atoms with E-state index < -0.39 is 0 Å². The first-order valence-electron chi connectivity index (χ1n) is 4.44. The topological polar surface area (TPSA) is 64.2 Å². The van der Waals surface area contributed by atoms with E-state index in [9.17, 15) is 4.79 Å². The van der Waals surface area contributed by atoms with Crippen LogP contribution in [0.25, 0.3) is 0 Å². The minimum Gasteiger partial charge on any atom is -0.396 e. The van der Waals surface area contributed by atoms with Gasteiger partial charge in [0.25, 0.3) is 0 Å². The smallest absolute Gasteiger partial charge is 0.165 e. The summed E-state index contributed by atoms with van der Waals surface area (Å²) in [5.41, 5.74) is 6.47. The van der Waals surface area contributed by atoms with E-state index in [1.165, 1.54) is 0 Å². The first-order chi connectivity index (χ1) is 7.13. The molecule has 0 unspecified atom stereocenters. The summed E-state index contributed by atoms with van der Waals surface area (Å²) in [7, 11) is 3.74. The second kappa shape index (κ2) is 4.99. The monoisotopic (exact) mass is 206 g/mol. The van der Waals surface area contributed by atoms with Crippen molar-refractivity contribution in [1.82, 2.24) is 9.78 Å². The van der Waals surface area contributed by atoms with E-state index in [0.29, 0.717) is 6.29 Å². The highest BCUT2D eigenvalue weighted by Gasteiger charge is 1.97. The number of anilines is 1. The second-order valence-electron chi connectivity index (χ2n) is 3.11. The van der Waals surface area contributed by atoms with E-state index in [1.54, 1.807) is 29.2 Å². The fraction of sp³-hybridized carbons (Fsp3) is 0.200. The molecule has 0 fully saturated rings. The Balaban J connectivity index is 2.63. The van der Waals surface area contributed by atoms with E-state index in [-0.39, 0.29) is 5.70 Å². The third-order valence-electron chi connectivity index (χ3n) is 1.83. The maximum Gasteiger partial charge on any atom is 0.165 e. The van der Waals surface area contributed by atoms with Crippen LogP contribution in [0.15, 0.2) is 36.4 Å². The molecule has 2 N–H and O–H groups in total. The Morgan fingerprint density at radius 1 is 1.67 bits per heavy atom. The zero-order valence-electron chi connectivity index (χ0n) is 8.79. The molecule has 5 heteroatoms. The zero-order chi connectivity index (χ0) is 11.3. The summed E-state index contributed by atoms with van der Waals surface area (Å²) in [4.78, 5) is 12.1. The van der Waals surface area contributed by atoms with Crippen LogP contribution in [0.1, 0.15) is 0 Å². The first kappa shape index (κ1) is 11.0. The molecule has 0 saturated heterocycles. The van der Waals surface area contributed by atoms with Crippen molar-refractivity contribution in [3.8, 4) is 0 Å². The van der Waals surface area contributed by atoms with Crippen LogP contribution in [-0.2, 0) is 11.8 Å². The Morgan fingerprint density at radius 3 is 2.93 bits per heavy atom. The highest BCUT2D eigenvalue weighted by molar-refractivity contribution is 5.72. The van der Waals surface area contributed by atoms with Crippen LogP contribution in [0.4, 0.5) is 5.69 Å². The van der Waals surface area contributed by atoms with Crippen molar-refractivity contribution in [3.63, 3.8) is 0 Å². The van der Waals surface area contributed by atoms with Crippen LogP contribution in [0.2, 0.25) is 0 Å². The number of hydrogen-bond donors (Lipinski definition) is 1. The van der Waals surface area contributed by atoms with Gasteiger partial charge in [0.15, 0.2) is 6.29 Å². The lowest BCUT2D eigenvalue weighted by molar-refractivity contribution is -0.104. The SMILES string of the molecule is CN(/C=C\C=C(\N)C=O)c1cnn(C)c1. The second-order valence-corrected chi connectivity index (χ2v) is 3.11. The molecule has 80 valence electrons. The van der Waals surface area contributed by atoms with Gasteiger partial charge in [-0.3, -0.25) is 9.48 Å². The minimum atomic E-state index is 0.200. The Bertz CT molecular complexity index is 392. The number of aromatic nitrogens is 2. The fourth-order valence-electron chi connectivity index (χ4n) is 0.999.